The highest BCUT2D eigenvalue weighted by Crippen LogP contribution is 2.37. The van der Waals surface area contributed by atoms with Crippen LogP contribution in [0.3, 0.4) is 0 Å². The van der Waals surface area contributed by atoms with Gasteiger partial charge in [0, 0.05) is 5.56 Å². The van der Waals surface area contributed by atoms with Gasteiger partial charge in [-0.15, -0.1) is 0 Å². The van der Waals surface area contributed by atoms with Crippen molar-refractivity contribution >= 4 is 17.9 Å². The van der Waals surface area contributed by atoms with E-state index in [9.17, 15) is 4.79 Å². The number of aldehydes is 1. The maximum absolute atomic E-state index is 11.1. The molecule has 2 aromatic rings. The molecule has 1 aliphatic rings. The van der Waals surface area contributed by atoms with Crippen LogP contribution in [0.25, 0.3) is 11.6 Å². The third-order valence-electron chi connectivity index (χ3n) is 4.79. The van der Waals surface area contributed by atoms with Gasteiger partial charge in [0.1, 0.15) is 6.29 Å². The minimum Gasteiger partial charge on any atom is -0.298 e. The van der Waals surface area contributed by atoms with Crippen molar-refractivity contribution in [2.45, 2.75) is 33.1 Å². The lowest BCUT2D eigenvalue weighted by molar-refractivity contribution is 0.112. The van der Waals surface area contributed by atoms with Gasteiger partial charge in [-0.2, -0.15) is 0 Å². The summed E-state index contributed by atoms with van der Waals surface area (Å²) in [5, 5.41) is 0. The summed E-state index contributed by atoms with van der Waals surface area (Å²) in [6.07, 6.45) is 10.7. The van der Waals surface area contributed by atoms with Crippen LogP contribution >= 0.6 is 0 Å². The van der Waals surface area contributed by atoms with Gasteiger partial charge in [0.05, 0.1) is 0 Å². The SMILES string of the molecule is C/C=C\C1=C(CC)CCc2ccccc2/C1=C\c1cccc(C=O)c1. The van der Waals surface area contributed by atoms with Crippen LogP contribution in [0.1, 0.15) is 53.7 Å². The Kier molecular flexibility index (Phi) is 5.45. The van der Waals surface area contributed by atoms with Gasteiger partial charge >= 0.3 is 0 Å². The number of carbonyl (C=O) groups is 1. The second kappa shape index (κ2) is 7.94. The highest BCUT2D eigenvalue weighted by atomic mass is 16.1. The number of allylic oxidation sites excluding steroid dienone is 5. The number of fused-ring (bicyclic) bond motifs is 1. The summed E-state index contributed by atoms with van der Waals surface area (Å²) in [4.78, 5) is 11.1. The molecule has 0 heterocycles. The van der Waals surface area contributed by atoms with Crippen molar-refractivity contribution in [1.82, 2.24) is 0 Å². The Hall–Kier alpha value is -2.67. The Labute approximate surface area is 150 Å². The summed E-state index contributed by atoms with van der Waals surface area (Å²) in [6.45, 7) is 4.31. The predicted molar refractivity (Wildman–Crippen MR) is 107 cm³/mol. The molecule has 0 fully saturated rings. The number of hydrogen-bond acceptors (Lipinski definition) is 1. The fourth-order valence-electron chi connectivity index (χ4n) is 3.54. The van der Waals surface area contributed by atoms with E-state index >= 15 is 0 Å². The Balaban J connectivity index is 2.25. The lowest BCUT2D eigenvalue weighted by Crippen LogP contribution is -1.93. The molecule has 0 aliphatic heterocycles. The van der Waals surface area contributed by atoms with Gasteiger partial charge in [0.25, 0.3) is 0 Å². The van der Waals surface area contributed by atoms with Gasteiger partial charge < -0.3 is 0 Å². The van der Waals surface area contributed by atoms with Crippen molar-refractivity contribution in [3.8, 4) is 0 Å². The fourth-order valence-corrected chi connectivity index (χ4v) is 3.54. The molecule has 0 bridgehead atoms. The van der Waals surface area contributed by atoms with Gasteiger partial charge in [-0.1, -0.05) is 67.1 Å². The van der Waals surface area contributed by atoms with Gasteiger partial charge in [0.15, 0.2) is 0 Å². The molecule has 1 aliphatic carbocycles. The topological polar surface area (TPSA) is 17.1 Å². The molecule has 0 N–H and O–H groups in total. The van der Waals surface area contributed by atoms with Crippen LogP contribution in [0, 0.1) is 0 Å². The molecule has 126 valence electrons. The maximum Gasteiger partial charge on any atom is 0.150 e. The van der Waals surface area contributed by atoms with Crippen LogP contribution in [0.4, 0.5) is 0 Å². The molecule has 1 nitrogen and oxygen atoms in total. The molecule has 0 atom stereocenters. The zero-order valence-electron chi connectivity index (χ0n) is 15.0. The number of rotatable bonds is 4. The lowest BCUT2D eigenvalue weighted by Gasteiger charge is -2.13. The molecule has 0 amide bonds. The molecular weight excluding hydrogens is 304 g/mol. The Bertz CT molecular complexity index is 865. The summed E-state index contributed by atoms with van der Waals surface area (Å²) < 4.78 is 0. The smallest absolute Gasteiger partial charge is 0.150 e. The average molecular weight is 328 g/mol. The van der Waals surface area contributed by atoms with Crippen molar-refractivity contribution < 1.29 is 4.79 Å². The molecule has 0 aromatic heterocycles. The second-order valence-electron chi connectivity index (χ2n) is 6.37. The highest BCUT2D eigenvalue weighted by Gasteiger charge is 2.18. The van der Waals surface area contributed by atoms with Crippen molar-refractivity contribution in [2.75, 3.05) is 0 Å². The normalized spacial score (nSPS) is 16.2. The van der Waals surface area contributed by atoms with Crippen LogP contribution in [0.15, 0.2) is 71.8 Å². The predicted octanol–water partition coefficient (Wildman–Crippen LogP) is 6.27. The van der Waals surface area contributed by atoms with Gasteiger partial charge in [-0.05, 0) is 66.2 Å². The minimum absolute atomic E-state index is 0.712. The third-order valence-corrected chi connectivity index (χ3v) is 4.79. The van der Waals surface area contributed by atoms with Gasteiger partial charge in [-0.25, -0.2) is 0 Å². The number of carbonyl (C=O) groups excluding carboxylic acids is 1. The van der Waals surface area contributed by atoms with E-state index in [1.807, 2.05) is 18.2 Å². The van der Waals surface area contributed by atoms with E-state index in [1.165, 1.54) is 27.8 Å². The molecule has 0 radical (unpaired) electrons. The van der Waals surface area contributed by atoms with Crippen LogP contribution in [-0.4, -0.2) is 6.29 Å². The van der Waals surface area contributed by atoms with Crippen molar-refractivity contribution in [3.63, 3.8) is 0 Å². The molecule has 2 aromatic carbocycles. The summed E-state index contributed by atoms with van der Waals surface area (Å²) in [6, 6.07) is 16.5. The average Bonchev–Trinajstić information content (AvgIpc) is 2.80. The van der Waals surface area contributed by atoms with E-state index in [2.05, 4.69) is 62.4 Å². The van der Waals surface area contributed by atoms with E-state index in [0.29, 0.717) is 5.56 Å². The Morgan fingerprint density at radius 2 is 1.80 bits per heavy atom. The first-order valence-electron chi connectivity index (χ1n) is 8.97. The fraction of sp³-hybridized carbons (Fsp3) is 0.208. The number of benzene rings is 2. The van der Waals surface area contributed by atoms with E-state index in [-0.39, 0.29) is 0 Å². The monoisotopic (exact) mass is 328 g/mol. The van der Waals surface area contributed by atoms with E-state index < -0.39 is 0 Å². The first-order chi connectivity index (χ1) is 12.3. The molecular formula is C24H24O. The Morgan fingerprint density at radius 3 is 2.56 bits per heavy atom. The summed E-state index contributed by atoms with van der Waals surface area (Å²) in [7, 11) is 0. The Morgan fingerprint density at radius 1 is 1.00 bits per heavy atom. The minimum atomic E-state index is 0.712. The van der Waals surface area contributed by atoms with Crippen LogP contribution < -0.4 is 0 Å². The molecule has 1 heteroatoms. The third kappa shape index (κ3) is 3.71. The second-order valence-corrected chi connectivity index (χ2v) is 6.37. The van der Waals surface area contributed by atoms with Gasteiger partial charge in [-0.3, -0.25) is 4.79 Å². The van der Waals surface area contributed by atoms with Crippen LogP contribution in [-0.2, 0) is 6.42 Å². The highest BCUT2D eigenvalue weighted by molar-refractivity contribution is 5.95. The van der Waals surface area contributed by atoms with E-state index in [0.717, 1.165) is 31.1 Å². The molecule has 3 rings (SSSR count). The standard InChI is InChI=1S/C24H24O/c1-3-8-22-20(4-2)13-14-21-11-5-6-12-23(21)24(22)16-18-9-7-10-19(15-18)17-25/h3,5-12,15-17H,4,13-14H2,1-2H3/b8-3-,24-16-. The largest absolute Gasteiger partial charge is 0.298 e. The molecule has 0 unspecified atom stereocenters. The maximum atomic E-state index is 11.1. The van der Waals surface area contributed by atoms with E-state index in [1.54, 1.807) is 0 Å². The first-order valence-corrected chi connectivity index (χ1v) is 8.97. The summed E-state index contributed by atoms with van der Waals surface area (Å²) in [5.41, 5.74) is 8.54. The lowest BCUT2D eigenvalue weighted by atomic mass is 9.91. The zero-order valence-corrected chi connectivity index (χ0v) is 15.0. The summed E-state index contributed by atoms with van der Waals surface area (Å²) in [5.74, 6) is 0. The zero-order chi connectivity index (χ0) is 17.6. The molecule has 0 saturated heterocycles. The van der Waals surface area contributed by atoms with E-state index in [4.69, 9.17) is 0 Å². The quantitative estimate of drug-likeness (QED) is 0.605. The van der Waals surface area contributed by atoms with Crippen LogP contribution in [0.5, 0.6) is 0 Å². The number of hydrogen-bond donors (Lipinski definition) is 0. The van der Waals surface area contributed by atoms with Crippen molar-refractivity contribution in [2.24, 2.45) is 0 Å². The van der Waals surface area contributed by atoms with Crippen molar-refractivity contribution in [1.29, 1.82) is 0 Å². The molecule has 25 heavy (non-hydrogen) atoms. The summed E-state index contributed by atoms with van der Waals surface area (Å²) >= 11 is 0. The van der Waals surface area contributed by atoms with Crippen molar-refractivity contribution in [3.05, 3.63) is 94.1 Å². The molecule has 0 spiro atoms. The molecule has 0 saturated carbocycles. The first kappa shape index (κ1) is 17.2. The van der Waals surface area contributed by atoms with Crippen LogP contribution in [0.2, 0.25) is 0 Å². The number of aryl methyl sites for hydroxylation is 1. The van der Waals surface area contributed by atoms with Gasteiger partial charge in [0.2, 0.25) is 0 Å².